The van der Waals surface area contributed by atoms with E-state index in [1.54, 1.807) is 19.1 Å². The van der Waals surface area contributed by atoms with Crippen LogP contribution >= 0.6 is 11.8 Å². The molecule has 0 unspecified atom stereocenters. The second kappa shape index (κ2) is 6.48. The molecule has 1 aliphatic carbocycles. The molecule has 1 fully saturated rings. The Morgan fingerprint density at radius 2 is 2.14 bits per heavy atom. The lowest BCUT2D eigenvalue weighted by molar-refractivity contribution is -0.119. The van der Waals surface area contributed by atoms with Gasteiger partial charge >= 0.3 is 0 Å². The van der Waals surface area contributed by atoms with Crippen LogP contribution in [-0.4, -0.2) is 17.2 Å². The first-order chi connectivity index (χ1) is 9.94. The van der Waals surface area contributed by atoms with Crippen molar-refractivity contribution >= 4 is 17.7 Å². The number of benzene rings is 1. The van der Waals surface area contributed by atoms with E-state index in [9.17, 15) is 14.4 Å². The predicted molar refractivity (Wildman–Crippen MR) is 82.2 cm³/mol. The molecule has 0 saturated heterocycles. The average molecular weight is 306 g/mol. The summed E-state index contributed by atoms with van der Waals surface area (Å²) < 4.78 is 12.9. The van der Waals surface area contributed by atoms with Crippen LogP contribution in [0.2, 0.25) is 0 Å². The number of amides is 1. The molecule has 5 heteroatoms. The minimum absolute atomic E-state index is 0.102. The molecule has 0 radical (unpaired) electrons. The minimum atomic E-state index is -0.739. The molecule has 0 aromatic heterocycles. The van der Waals surface area contributed by atoms with E-state index in [0.717, 1.165) is 18.4 Å². The van der Waals surface area contributed by atoms with E-state index in [-0.39, 0.29) is 22.9 Å². The number of thioether (sulfide) groups is 1. The highest BCUT2D eigenvalue weighted by Gasteiger charge is 2.42. The summed E-state index contributed by atoms with van der Waals surface area (Å²) in [5.41, 5.74) is 0.246. The van der Waals surface area contributed by atoms with E-state index in [1.807, 2.05) is 6.92 Å². The number of carbonyl (C=O) groups is 1. The van der Waals surface area contributed by atoms with Gasteiger partial charge in [-0.15, -0.1) is 11.8 Å². The van der Waals surface area contributed by atoms with Gasteiger partial charge in [-0.05, 0) is 50.3 Å². The summed E-state index contributed by atoms with van der Waals surface area (Å²) in [6.07, 6.45) is 2.01. The summed E-state index contributed by atoms with van der Waals surface area (Å²) in [6, 6.07) is 8.52. The van der Waals surface area contributed by atoms with Crippen LogP contribution in [0.1, 0.15) is 37.5 Å². The lowest BCUT2D eigenvalue weighted by Crippen LogP contribution is -2.47. The average Bonchev–Trinajstić information content (AvgIpc) is 3.30. The number of hydrogen-bond acceptors (Lipinski definition) is 3. The monoisotopic (exact) mass is 306 g/mol. The Morgan fingerprint density at radius 1 is 1.52 bits per heavy atom. The maximum atomic E-state index is 12.9. The van der Waals surface area contributed by atoms with Crippen LogP contribution in [0.3, 0.4) is 0 Å². The smallest absolute Gasteiger partial charge is 0.231 e. The zero-order valence-corrected chi connectivity index (χ0v) is 13.0. The highest BCUT2D eigenvalue weighted by atomic mass is 32.2. The Balaban J connectivity index is 1.83. The van der Waals surface area contributed by atoms with Crippen molar-refractivity contribution in [1.29, 1.82) is 5.26 Å². The van der Waals surface area contributed by atoms with Crippen molar-refractivity contribution < 1.29 is 9.18 Å². The predicted octanol–water partition coefficient (Wildman–Crippen LogP) is 3.43. The van der Waals surface area contributed by atoms with Crippen molar-refractivity contribution in [2.75, 3.05) is 5.75 Å². The third-order valence-corrected chi connectivity index (χ3v) is 5.03. The van der Waals surface area contributed by atoms with Gasteiger partial charge in [0.2, 0.25) is 5.91 Å². The van der Waals surface area contributed by atoms with Gasteiger partial charge in [0, 0.05) is 5.25 Å². The molecule has 1 aliphatic rings. The van der Waals surface area contributed by atoms with Gasteiger partial charge in [-0.25, -0.2) is 4.39 Å². The topological polar surface area (TPSA) is 52.9 Å². The SMILES string of the molecule is C[C@H](SCC(=O)N[C@](C)(C#N)C1CC1)c1ccc(F)cc1. The van der Waals surface area contributed by atoms with Gasteiger partial charge in [-0.2, -0.15) is 5.26 Å². The molecule has 1 saturated carbocycles. The van der Waals surface area contributed by atoms with Crippen molar-refractivity contribution in [2.45, 2.75) is 37.5 Å². The maximum absolute atomic E-state index is 12.9. The molecular formula is C16H19FN2OS. The van der Waals surface area contributed by atoms with Crippen LogP contribution in [0.4, 0.5) is 4.39 Å². The van der Waals surface area contributed by atoms with Crippen molar-refractivity contribution in [2.24, 2.45) is 5.92 Å². The van der Waals surface area contributed by atoms with Gasteiger partial charge in [0.05, 0.1) is 11.8 Å². The molecule has 2 atom stereocenters. The molecule has 0 bridgehead atoms. The standard InChI is InChI=1S/C16H19FN2OS/c1-11(12-3-7-14(17)8-4-12)21-9-15(20)19-16(2,10-18)13-5-6-13/h3-4,7-8,11,13H,5-6,9H2,1-2H3,(H,19,20)/t11-,16+/m0/s1. The summed E-state index contributed by atoms with van der Waals surface area (Å²) in [6.45, 7) is 3.77. The van der Waals surface area contributed by atoms with E-state index >= 15 is 0 Å². The summed E-state index contributed by atoms with van der Waals surface area (Å²) in [5.74, 6) is 0.196. The molecule has 1 N–H and O–H groups in total. The van der Waals surface area contributed by atoms with E-state index in [0.29, 0.717) is 5.75 Å². The molecule has 0 heterocycles. The van der Waals surface area contributed by atoms with E-state index in [4.69, 9.17) is 0 Å². The second-order valence-electron chi connectivity index (χ2n) is 5.64. The third-order valence-electron chi connectivity index (χ3n) is 3.83. The quantitative estimate of drug-likeness (QED) is 0.876. The summed E-state index contributed by atoms with van der Waals surface area (Å²) in [4.78, 5) is 12.0. The van der Waals surface area contributed by atoms with Crippen LogP contribution < -0.4 is 5.32 Å². The van der Waals surface area contributed by atoms with E-state index < -0.39 is 5.54 Å². The molecule has 3 nitrogen and oxygen atoms in total. The van der Waals surface area contributed by atoms with Crippen molar-refractivity contribution in [3.8, 4) is 6.07 Å². The number of carbonyl (C=O) groups excluding carboxylic acids is 1. The zero-order valence-electron chi connectivity index (χ0n) is 12.2. The van der Waals surface area contributed by atoms with Crippen molar-refractivity contribution in [1.82, 2.24) is 5.32 Å². The Kier molecular flexibility index (Phi) is 4.89. The van der Waals surface area contributed by atoms with Gasteiger partial charge in [-0.3, -0.25) is 4.79 Å². The fourth-order valence-corrected chi connectivity index (χ4v) is 3.06. The van der Waals surface area contributed by atoms with E-state index in [2.05, 4.69) is 11.4 Å². The van der Waals surface area contributed by atoms with Crippen LogP contribution in [0.15, 0.2) is 24.3 Å². The van der Waals surface area contributed by atoms with Crippen LogP contribution in [0, 0.1) is 23.1 Å². The molecule has 112 valence electrons. The Bertz CT molecular complexity index is 550. The zero-order chi connectivity index (χ0) is 15.5. The number of rotatable bonds is 6. The number of nitrogens with one attached hydrogen (secondary N) is 1. The van der Waals surface area contributed by atoms with Gasteiger partial charge in [0.15, 0.2) is 0 Å². The number of nitrogens with zero attached hydrogens (tertiary/aromatic N) is 1. The lowest BCUT2D eigenvalue weighted by atomic mass is 9.98. The fourth-order valence-electron chi connectivity index (χ4n) is 2.24. The Morgan fingerprint density at radius 3 is 2.67 bits per heavy atom. The van der Waals surface area contributed by atoms with Gasteiger partial charge < -0.3 is 5.32 Å². The fraction of sp³-hybridized carbons (Fsp3) is 0.500. The first-order valence-electron chi connectivity index (χ1n) is 7.04. The number of nitriles is 1. The summed E-state index contributed by atoms with van der Waals surface area (Å²) in [5, 5.41) is 12.2. The molecule has 21 heavy (non-hydrogen) atoms. The number of hydrogen-bond donors (Lipinski definition) is 1. The summed E-state index contributed by atoms with van der Waals surface area (Å²) in [7, 11) is 0. The van der Waals surface area contributed by atoms with Crippen LogP contribution in [0.25, 0.3) is 0 Å². The highest BCUT2D eigenvalue weighted by molar-refractivity contribution is 8.00. The highest BCUT2D eigenvalue weighted by Crippen LogP contribution is 2.39. The van der Waals surface area contributed by atoms with Gasteiger partial charge in [-0.1, -0.05) is 12.1 Å². The van der Waals surface area contributed by atoms with E-state index in [1.165, 1.54) is 23.9 Å². The normalized spacial score (nSPS) is 18.4. The molecule has 2 rings (SSSR count). The minimum Gasteiger partial charge on any atom is -0.337 e. The van der Waals surface area contributed by atoms with Crippen LogP contribution in [-0.2, 0) is 4.79 Å². The van der Waals surface area contributed by atoms with Crippen molar-refractivity contribution in [3.63, 3.8) is 0 Å². The molecule has 1 aromatic rings. The molecule has 1 aromatic carbocycles. The van der Waals surface area contributed by atoms with Crippen molar-refractivity contribution in [3.05, 3.63) is 35.6 Å². The molecule has 1 amide bonds. The largest absolute Gasteiger partial charge is 0.337 e. The Labute approximate surface area is 128 Å². The third kappa shape index (κ3) is 4.21. The first-order valence-corrected chi connectivity index (χ1v) is 8.09. The van der Waals surface area contributed by atoms with Gasteiger partial charge in [0.1, 0.15) is 11.4 Å². The summed E-state index contributed by atoms with van der Waals surface area (Å²) >= 11 is 1.48. The number of halogens is 1. The lowest BCUT2D eigenvalue weighted by Gasteiger charge is -2.23. The maximum Gasteiger partial charge on any atom is 0.231 e. The Hall–Kier alpha value is -1.54. The first kappa shape index (κ1) is 15.8. The van der Waals surface area contributed by atoms with Gasteiger partial charge in [0.25, 0.3) is 0 Å². The van der Waals surface area contributed by atoms with Crippen LogP contribution in [0.5, 0.6) is 0 Å². The molecular weight excluding hydrogens is 287 g/mol. The molecule has 0 aliphatic heterocycles. The molecule has 0 spiro atoms. The second-order valence-corrected chi connectivity index (χ2v) is 6.97.